The standard InChI is InChI=1S/C22H21N2.C5H12O2.Ir/c1-15-7-11-17(12-8-15)21-22(18-13-9-16(2)10-14-18)24-20-6-4-3-5-19(20)23-21;1-4(6)3-5(2)7;/h7-13H,3-6H2,1-2H3;4-7H,3H2,1-2H3;/q-1;;. The fourth-order valence-corrected chi connectivity index (χ4v) is 3.73. The summed E-state index contributed by atoms with van der Waals surface area (Å²) in [5.41, 5.74) is 8.90. The third-order valence-electron chi connectivity index (χ3n) is 5.36. The number of aryl methyl sites for hydroxylation is 4. The van der Waals surface area contributed by atoms with Gasteiger partial charge < -0.3 is 10.2 Å². The van der Waals surface area contributed by atoms with Crippen molar-refractivity contribution in [2.24, 2.45) is 0 Å². The van der Waals surface area contributed by atoms with Crippen LogP contribution in [-0.2, 0) is 32.9 Å². The SMILES string of the molecule is CC(O)CC(C)O.Cc1c[c-]c(-c2nc3c(nc2-c2ccc(C)cc2)CCCC3)cc1.[Ir]. The molecule has 3 aromatic rings. The van der Waals surface area contributed by atoms with E-state index in [2.05, 4.69) is 56.3 Å². The zero-order chi connectivity index (χ0) is 22.4. The predicted octanol–water partition coefficient (Wildman–Crippen LogP) is 5.24. The van der Waals surface area contributed by atoms with Crippen molar-refractivity contribution in [1.82, 2.24) is 9.97 Å². The molecule has 0 bridgehead atoms. The Bertz CT molecular complexity index is 903. The first-order chi connectivity index (χ1) is 14.8. The zero-order valence-corrected chi connectivity index (χ0v) is 21.7. The summed E-state index contributed by atoms with van der Waals surface area (Å²) in [6.45, 7) is 7.51. The summed E-state index contributed by atoms with van der Waals surface area (Å²) >= 11 is 0. The van der Waals surface area contributed by atoms with Gasteiger partial charge in [0, 0.05) is 25.8 Å². The van der Waals surface area contributed by atoms with E-state index in [1.54, 1.807) is 13.8 Å². The van der Waals surface area contributed by atoms with Crippen LogP contribution in [0.3, 0.4) is 0 Å². The van der Waals surface area contributed by atoms with E-state index in [4.69, 9.17) is 20.2 Å². The van der Waals surface area contributed by atoms with Crippen LogP contribution in [0.2, 0.25) is 0 Å². The van der Waals surface area contributed by atoms with Gasteiger partial charge in [0.2, 0.25) is 0 Å². The van der Waals surface area contributed by atoms with Crippen molar-refractivity contribution < 1.29 is 30.3 Å². The third kappa shape index (κ3) is 7.31. The summed E-state index contributed by atoms with van der Waals surface area (Å²) in [4.78, 5) is 10.0. The van der Waals surface area contributed by atoms with E-state index < -0.39 is 0 Å². The van der Waals surface area contributed by atoms with E-state index in [-0.39, 0.29) is 32.3 Å². The second-order valence-electron chi connectivity index (χ2n) is 8.60. The molecule has 1 radical (unpaired) electrons. The largest absolute Gasteiger partial charge is 0.393 e. The number of aliphatic hydroxyl groups is 2. The maximum atomic E-state index is 8.56. The number of aliphatic hydroxyl groups excluding tert-OH is 2. The van der Waals surface area contributed by atoms with E-state index in [9.17, 15) is 0 Å². The Morgan fingerprint density at radius 3 is 1.81 bits per heavy atom. The van der Waals surface area contributed by atoms with E-state index in [0.717, 1.165) is 35.4 Å². The summed E-state index contributed by atoms with van der Waals surface area (Å²) in [5, 5.41) is 17.1. The van der Waals surface area contributed by atoms with Gasteiger partial charge in [-0.1, -0.05) is 36.8 Å². The van der Waals surface area contributed by atoms with Crippen molar-refractivity contribution in [2.75, 3.05) is 0 Å². The number of hydrogen-bond acceptors (Lipinski definition) is 4. The fourth-order valence-electron chi connectivity index (χ4n) is 3.73. The van der Waals surface area contributed by atoms with E-state index in [1.165, 1.54) is 35.4 Å². The van der Waals surface area contributed by atoms with Crippen LogP contribution in [0.1, 0.15) is 55.6 Å². The molecule has 2 atom stereocenters. The van der Waals surface area contributed by atoms with Crippen LogP contribution in [0.4, 0.5) is 0 Å². The van der Waals surface area contributed by atoms with Gasteiger partial charge in [0.15, 0.2) is 0 Å². The van der Waals surface area contributed by atoms with Gasteiger partial charge in [-0.2, -0.15) is 0 Å². The minimum Gasteiger partial charge on any atom is -0.393 e. The average Bonchev–Trinajstić information content (AvgIpc) is 2.73. The Balaban J connectivity index is 0.000000398. The van der Waals surface area contributed by atoms with Crippen LogP contribution in [0.25, 0.3) is 22.5 Å². The molecule has 32 heavy (non-hydrogen) atoms. The van der Waals surface area contributed by atoms with Crippen molar-refractivity contribution in [1.29, 1.82) is 0 Å². The number of fused-ring (bicyclic) bond motifs is 1. The average molecular weight is 610 g/mol. The molecule has 0 amide bonds. The topological polar surface area (TPSA) is 66.2 Å². The molecule has 0 saturated heterocycles. The van der Waals surface area contributed by atoms with Crippen molar-refractivity contribution in [3.05, 3.63) is 71.0 Å². The van der Waals surface area contributed by atoms with Crippen LogP contribution >= 0.6 is 0 Å². The molecule has 0 fully saturated rings. The smallest absolute Gasteiger partial charge is 0.0607 e. The van der Waals surface area contributed by atoms with Crippen molar-refractivity contribution in [3.63, 3.8) is 0 Å². The molecule has 1 aliphatic rings. The maximum Gasteiger partial charge on any atom is 0.0607 e. The molecule has 2 unspecified atom stereocenters. The van der Waals surface area contributed by atoms with Crippen LogP contribution in [0.15, 0.2) is 42.5 Å². The molecule has 1 aliphatic carbocycles. The second kappa shape index (κ2) is 12.4. The summed E-state index contributed by atoms with van der Waals surface area (Å²) in [5.74, 6) is 0. The van der Waals surface area contributed by atoms with Gasteiger partial charge in [-0.05, 0) is 58.4 Å². The molecule has 4 nitrogen and oxygen atoms in total. The van der Waals surface area contributed by atoms with Gasteiger partial charge in [-0.25, -0.2) is 0 Å². The van der Waals surface area contributed by atoms with Crippen molar-refractivity contribution >= 4 is 0 Å². The number of aromatic nitrogens is 2. The van der Waals surface area contributed by atoms with E-state index >= 15 is 0 Å². The van der Waals surface area contributed by atoms with Crippen LogP contribution in [0.5, 0.6) is 0 Å². The van der Waals surface area contributed by atoms with Gasteiger partial charge >= 0.3 is 0 Å². The van der Waals surface area contributed by atoms with Crippen molar-refractivity contribution in [3.8, 4) is 22.5 Å². The fraction of sp³-hybridized carbons (Fsp3) is 0.407. The number of rotatable bonds is 4. The molecular weight excluding hydrogens is 577 g/mol. The molecule has 0 aliphatic heterocycles. The Hall–Kier alpha value is -1.91. The van der Waals surface area contributed by atoms with Crippen LogP contribution < -0.4 is 0 Å². The Labute approximate surface area is 205 Å². The Kier molecular flexibility index (Phi) is 10.2. The molecule has 2 N–H and O–H groups in total. The minimum atomic E-state index is -0.375. The third-order valence-corrected chi connectivity index (χ3v) is 5.36. The minimum absolute atomic E-state index is 0. The summed E-state index contributed by atoms with van der Waals surface area (Å²) in [7, 11) is 0. The first-order valence-electron chi connectivity index (χ1n) is 11.1. The number of benzene rings is 2. The molecule has 2 aromatic carbocycles. The second-order valence-corrected chi connectivity index (χ2v) is 8.60. The van der Waals surface area contributed by atoms with Crippen LogP contribution in [0, 0.1) is 19.9 Å². The molecule has 0 saturated carbocycles. The molecular formula is C27H33IrN2O2-. The van der Waals surface area contributed by atoms with Crippen LogP contribution in [-0.4, -0.2) is 32.4 Å². The first kappa shape index (κ1) is 26.3. The van der Waals surface area contributed by atoms with E-state index in [0.29, 0.717) is 6.42 Å². The molecule has 0 spiro atoms. The molecule has 173 valence electrons. The monoisotopic (exact) mass is 610 g/mol. The normalized spacial score (nSPS) is 14.3. The number of hydrogen-bond donors (Lipinski definition) is 2. The Morgan fingerprint density at radius 1 is 0.812 bits per heavy atom. The maximum absolute atomic E-state index is 8.56. The molecule has 1 aromatic heterocycles. The van der Waals surface area contributed by atoms with Gasteiger partial charge in [0.1, 0.15) is 0 Å². The number of nitrogens with zero attached hydrogens (tertiary/aromatic N) is 2. The quantitative estimate of drug-likeness (QED) is 0.397. The van der Waals surface area contributed by atoms with Gasteiger partial charge in [0.25, 0.3) is 0 Å². The predicted molar refractivity (Wildman–Crippen MR) is 126 cm³/mol. The summed E-state index contributed by atoms with van der Waals surface area (Å²) in [6.07, 6.45) is 4.22. The Morgan fingerprint density at radius 2 is 1.34 bits per heavy atom. The van der Waals surface area contributed by atoms with Crippen molar-refractivity contribution in [2.45, 2.75) is 72.0 Å². The van der Waals surface area contributed by atoms with Gasteiger partial charge in [0.05, 0.1) is 29.3 Å². The summed E-state index contributed by atoms with van der Waals surface area (Å²) < 4.78 is 0. The van der Waals surface area contributed by atoms with Gasteiger partial charge in [-0.15, -0.1) is 35.4 Å². The van der Waals surface area contributed by atoms with E-state index in [1.807, 2.05) is 6.07 Å². The van der Waals surface area contributed by atoms with Gasteiger partial charge in [-0.3, -0.25) is 9.97 Å². The molecule has 1 heterocycles. The first-order valence-corrected chi connectivity index (χ1v) is 11.1. The molecule has 4 rings (SSSR count). The zero-order valence-electron chi connectivity index (χ0n) is 19.4. The molecule has 5 heteroatoms. The summed E-state index contributed by atoms with van der Waals surface area (Å²) in [6, 6.07) is 18.2.